The molecule has 1 aliphatic heterocycles. The summed E-state index contributed by atoms with van der Waals surface area (Å²) in [6, 6.07) is 5.74. The zero-order valence-electron chi connectivity index (χ0n) is 10.0. The minimum atomic E-state index is 0.116. The first-order chi connectivity index (χ1) is 8.35. The van der Waals surface area contributed by atoms with Gasteiger partial charge in [0.2, 0.25) is 0 Å². The second kappa shape index (κ2) is 5.65. The SMILES string of the molecule is CCCC#CC1COCc2ccc(C=O)cc21. The zero-order valence-corrected chi connectivity index (χ0v) is 10.0. The number of carbonyl (C=O) groups excluding carboxylic acids is 1. The van der Waals surface area contributed by atoms with E-state index >= 15 is 0 Å². The number of rotatable bonds is 2. The van der Waals surface area contributed by atoms with Crippen LogP contribution in [0.1, 0.15) is 47.2 Å². The molecule has 2 rings (SSSR count). The maximum atomic E-state index is 10.8. The molecule has 0 fully saturated rings. The van der Waals surface area contributed by atoms with Crippen molar-refractivity contribution in [1.82, 2.24) is 0 Å². The van der Waals surface area contributed by atoms with E-state index in [9.17, 15) is 4.79 Å². The Morgan fingerprint density at radius 1 is 1.53 bits per heavy atom. The quantitative estimate of drug-likeness (QED) is 0.574. The third kappa shape index (κ3) is 2.75. The van der Waals surface area contributed by atoms with Crippen LogP contribution in [-0.4, -0.2) is 12.9 Å². The van der Waals surface area contributed by atoms with Crippen molar-refractivity contribution >= 4 is 6.29 Å². The van der Waals surface area contributed by atoms with Crippen molar-refractivity contribution in [2.24, 2.45) is 0 Å². The Bertz CT molecular complexity index is 466. The predicted molar refractivity (Wildman–Crippen MR) is 66.9 cm³/mol. The summed E-state index contributed by atoms with van der Waals surface area (Å²) in [5, 5.41) is 0. The number of benzene rings is 1. The number of carbonyl (C=O) groups is 1. The Morgan fingerprint density at radius 2 is 2.41 bits per heavy atom. The van der Waals surface area contributed by atoms with Crippen LogP contribution in [0.2, 0.25) is 0 Å². The second-order valence-corrected chi connectivity index (χ2v) is 4.21. The molecule has 1 aromatic carbocycles. The summed E-state index contributed by atoms with van der Waals surface area (Å²) in [6.07, 6.45) is 2.87. The van der Waals surface area contributed by atoms with Crippen LogP contribution in [0.25, 0.3) is 0 Å². The van der Waals surface area contributed by atoms with Crippen molar-refractivity contribution in [3.63, 3.8) is 0 Å². The van der Waals surface area contributed by atoms with E-state index in [1.807, 2.05) is 18.2 Å². The fourth-order valence-corrected chi connectivity index (χ4v) is 1.96. The largest absolute Gasteiger partial charge is 0.375 e. The Labute approximate surface area is 102 Å². The molecule has 1 aliphatic rings. The smallest absolute Gasteiger partial charge is 0.150 e. The summed E-state index contributed by atoms with van der Waals surface area (Å²) in [7, 11) is 0. The van der Waals surface area contributed by atoms with Crippen LogP contribution in [0.15, 0.2) is 18.2 Å². The molecule has 0 saturated heterocycles. The lowest BCUT2D eigenvalue weighted by molar-refractivity contribution is 0.102. The standard InChI is InChI=1S/C15H16O2/c1-2-3-4-5-13-10-17-11-14-7-6-12(9-16)8-15(13)14/h6-9,13H,2-3,10-11H2,1H3. The molecule has 0 bridgehead atoms. The molecule has 88 valence electrons. The maximum Gasteiger partial charge on any atom is 0.150 e. The molecule has 1 unspecified atom stereocenters. The monoisotopic (exact) mass is 228 g/mol. The first-order valence-corrected chi connectivity index (χ1v) is 5.99. The van der Waals surface area contributed by atoms with Crippen LogP contribution in [0.4, 0.5) is 0 Å². The number of aldehydes is 1. The van der Waals surface area contributed by atoms with Crippen molar-refractivity contribution in [2.45, 2.75) is 32.3 Å². The third-order valence-electron chi connectivity index (χ3n) is 2.87. The lowest BCUT2D eigenvalue weighted by Gasteiger charge is -2.22. The molecular formula is C15H16O2. The van der Waals surface area contributed by atoms with E-state index in [2.05, 4.69) is 18.8 Å². The predicted octanol–water partition coefficient (Wildman–Crippen LogP) is 2.92. The normalized spacial score (nSPS) is 17.8. The molecule has 0 radical (unpaired) electrons. The van der Waals surface area contributed by atoms with Crippen LogP contribution in [-0.2, 0) is 11.3 Å². The van der Waals surface area contributed by atoms with Crippen LogP contribution < -0.4 is 0 Å². The highest BCUT2D eigenvalue weighted by molar-refractivity contribution is 5.75. The van der Waals surface area contributed by atoms with E-state index in [0.29, 0.717) is 18.8 Å². The van der Waals surface area contributed by atoms with E-state index in [1.165, 1.54) is 0 Å². The van der Waals surface area contributed by atoms with E-state index in [1.54, 1.807) is 0 Å². The van der Waals surface area contributed by atoms with Gasteiger partial charge in [-0.3, -0.25) is 4.79 Å². The van der Waals surface area contributed by atoms with Gasteiger partial charge in [0.05, 0.1) is 19.1 Å². The van der Waals surface area contributed by atoms with Crippen LogP contribution in [0.3, 0.4) is 0 Å². The fourth-order valence-electron chi connectivity index (χ4n) is 1.96. The fraction of sp³-hybridized carbons (Fsp3) is 0.400. The minimum absolute atomic E-state index is 0.116. The average molecular weight is 228 g/mol. The first-order valence-electron chi connectivity index (χ1n) is 5.99. The lowest BCUT2D eigenvalue weighted by atomic mass is 9.92. The van der Waals surface area contributed by atoms with Gasteiger partial charge in [-0.05, 0) is 23.6 Å². The van der Waals surface area contributed by atoms with Crippen molar-refractivity contribution in [2.75, 3.05) is 6.61 Å². The van der Waals surface area contributed by atoms with Crippen molar-refractivity contribution in [3.05, 3.63) is 34.9 Å². The molecule has 0 aromatic heterocycles. The number of fused-ring (bicyclic) bond motifs is 1. The molecule has 2 nitrogen and oxygen atoms in total. The van der Waals surface area contributed by atoms with Gasteiger partial charge < -0.3 is 4.74 Å². The highest BCUT2D eigenvalue weighted by Crippen LogP contribution is 2.26. The van der Waals surface area contributed by atoms with Crippen LogP contribution in [0, 0.1) is 11.8 Å². The number of hydrogen-bond donors (Lipinski definition) is 0. The summed E-state index contributed by atoms with van der Waals surface area (Å²) in [4.78, 5) is 10.8. The third-order valence-corrected chi connectivity index (χ3v) is 2.87. The minimum Gasteiger partial charge on any atom is -0.375 e. The van der Waals surface area contributed by atoms with Crippen LogP contribution >= 0.6 is 0 Å². The summed E-state index contributed by atoms with van der Waals surface area (Å²) in [5.74, 6) is 6.52. The Hall–Kier alpha value is -1.59. The summed E-state index contributed by atoms with van der Waals surface area (Å²) in [6.45, 7) is 3.37. The number of ether oxygens (including phenoxy) is 1. The van der Waals surface area contributed by atoms with Gasteiger partial charge >= 0.3 is 0 Å². The molecular weight excluding hydrogens is 212 g/mol. The summed E-state index contributed by atoms with van der Waals surface area (Å²) >= 11 is 0. The van der Waals surface area contributed by atoms with Crippen molar-refractivity contribution < 1.29 is 9.53 Å². The number of hydrogen-bond acceptors (Lipinski definition) is 2. The molecule has 1 aromatic rings. The van der Waals surface area contributed by atoms with Gasteiger partial charge in [0.1, 0.15) is 6.29 Å². The van der Waals surface area contributed by atoms with Crippen molar-refractivity contribution in [1.29, 1.82) is 0 Å². The van der Waals surface area contributed by atoms with E-state index in [0.717, 1.165) is 30.3 Å². The average Bonchev–Trinajstić information content (AvgIpc) is 2.39. The van der Waals surface area contributed by atoms with Gasteiger partial charge in [-0.15, -0.1) is 5.92 Å². The molecule has 0 amide bonds. The molecule has 17 heavy (non-hydrogen) atoms. The molecule has 2 heteroatoms. The van der Waals surface area contributed by atoms with Gasteiger partial charge in [0.25, 0.3) is 0 Å². The highest BCUT2D eigenvalue weighted by atomic mass is 16.5. The van der Waals surface area contributed by atoms with Crippen molar-refractivity contribution in [3.8, 4) is 11.8 Å². The Balaban J connectivity index is 2.29. The van der Waals surface area contributed by atoms with Gasteiger partial charge in [-0.25, -0.2) is 0 Å². The molecule has 1 atom stereocenters. The molecule has 0 saturated carbocycles. The van der Waals surface area contributed by atoms with Crippen LogP contribution in [0.5, 0.6) is 0 Å². The Morgan fingerprint density at radius 3 is 3.18 bits per heavy atom. The summed E-state index contributed by atoms with van der Waals surface area (Å²) < 4.78 is 5.52. The van der Waals surface area contributed by atoms with E-state index in [4.69, 9.17) is 4.74 Å². The highest BCUT2D eigenvalue weighted by Gasteiger charge is 2.19. The first kappa shape index (κ1) is 11.9. The lowest BCUT2D eigenvalue weighted by Crippen LogP contribution is -2.15. The van der Waals surface area contributed by atoms with E-state index < -0.39 is 0 Å². The number of unbranched alkanes of at least 4 members (excludes halogenated alkanes) is 1. The van der Waals surface area contributed by atoms with Gasteiger partial charge in [0, 0.05) is 12.0 Å². The zero-order chi connectivity index (χ0) is 12.1. The molecule has 0 N–H and O–H groups in total. The van der Waals surface area contributed by atoms with E-state index in [-0.39, 0.29) is 5.92 Å². The Kier molecular flexibility index (Phi) is 3.95. The second-order valence-electron chi connectivity index (χ2n) is 4.21. The topological polar surface area (TPSA) is 26.3 Å². The summed E-state index contributed by atoms with van der Waals surface area (Å²) in [5.41, 5.74) is 3.02. The van der Waals surface area contributed by atoms with Gasteiger partial charge in [-0.2, -0.15) is 0 Å². The molecule has 1 heterocycles. The molecule has 0 spiro atoms. The molecule has 0 aliphatic carbocycles. The maximum absolute atomic E-state index is 10.8. The van der Waals surface area contributed by atoms with Gasteiger partial charge in [0.15, 0.2) is 0 Å². The van der Waals surface area contributed by atoms with Gasteiger partial charge in [-0.1, -0.05) is 25.0 Å².